The molecule has 0 aliphatic carbocycles. The van der Waals surface area contributed by atoms with E-state index in [1.54, 1.807) is 0 Å². The Kier molecular flexibility index (Phi) is 362. The van der Waals surface area contributed by atoms with Crippen molar-refractivity contribution in [3.05, 3.63) is 0 Å². The van der Waals surface area contributed by atoms with Gasteiger partial charge in [0.1, 0.15) is 0 Å². The van der Waals surface area contributed by atoms with Crippen molar-refractivity contribution in [2.24, 2.45) is 0 Å². The quantitative estimate of drug-likeness (QED) is 0.656. The molecule has 0 radical (unpaired) electrons. The van der Waals surface area contributed by atoms with Gasteiger partial charge in [-0.05, 0) is 0 Å². The summed E-state index contributed by atoms with van der Waals surface area (Å²) in [6, 6.07) is 0. The van der Waals surface area contributed by atoms with Gasteiger partial charge < -0.3 is 0 Å². The Bertz CT molecular complexity index is 6.85. The third kappa shape index (κ3) is 32.8. The van der Waals surface area contributed by atoms with Crippen LogP contribution >= 0.6 is 37.2 Å². The molecule has 0 amide bonds. The van der Waals surface area contributed by atoms with Crippen molar-refractivity contribution in [2.75, 3.05) is 0 Å². The Morgan fingerprint density at radius 1 is 0.800 bits per heavy atom. The summed E-state index contributed by atoms with van der Waals surface area (Å²) in [5.41, 5.74) is 0. The zero-order valence-electron chi connectivity index (χ0n) is 2.04. The molecule has 0 aliphatic heterocycles. The summed E-state index contributed by atoms with van der Waals surface area (Å²) in [7, 11) is 0. The summed E-state index contributed by atoms with van der Waals surface area (Å²) in [6.45, 7) is 0. The molecule has 0 rings (SSSR count). The van der Waals surface area contributed by atoms with Crippen LogP contribution in [0.5, 0.6) is 0 Å². The zero-order valence-corrected chi connectivity index (χ0v) is 7.42. The maximum absolute atomic E-state index is 8.33. The molecular formula is H3Cl3OW. The molecule has 0 aromatic rings. The van der Waals surface area contributed by atoms with Crippen LogP contribution in [0.25, 0.3) is 0 Å². The predicted molar refractivity (Wildman–Crippen MR) is 22.4 cm³/mol. The zero-order chi connectivity index (χ0) is 2.00. The standard InChI is InChI=1S/3ClH.O.W/h3*1H;;. The number of hydrogen-bond donors (Lipinski definition) is 0. The van der Waals surface area contributed by atoms with Crippen molar-refractivity contribution >= 4 is 37.2 Å². The van der Waals surface area contributed by atoms with Crippen molar-refractivity contribution in [2.45, 2.75) is 0 Å². The average molecular weight is 309 g/mol. The van der Waals surface area contributed by atoms with E-state index in [1.165, 1.54) is 0 Å². The third-order valence-corrected chi connectivity index (χ3v) is 0. The molecule has 0 heterocycles. The molecule has 5 heavy (non-hydrogen) atoms. The Morgan fingerprint density at radius 2 is 0.800 bits per heavy atom. The number of hydrogen-bond acceptors (Lipinski definition) is 1. The molecule has 0 aromatic carbocycles. The van der Waals surface area contributed by atoms with Crippen LogP contribution in [-0.4, -0.2) is 0 Å². The molecule has 0 spiro atoms. The Morgan fingerprint density at radius 3 is 0.800 bits per heavy atom. The van der Waals surface area contributed by atoms with E-state index in [1.807, 2.05) is 0 Å². The first kappa shape index (κ1) is 32.8. The topological polar surface area (TPSA) is 17.1 Å². The summed E-state index contributed by atoms with van der Waals surface area (Å²) < 4.78 is 8.33. The fraction of sp³-hybridized carbons (Fsp3) is 0. The molecule has 0 bridgehead atoms. The SMILES string of the molecule is Cl.Cl.Cl.[O]=[W]. The Labute approximate surface area is 60.3 Å². The van der Waals surface area contributed by atoms with E-state index in [4.69, 9.17) is 3.40 Å². The molecule has 0 saturated heterocycles. The van der Waals surface area contributed by atoms with Crippen molar-refractivity contribution in [3.8, 4) is 0 Å². The molecular weight excluding hydrogens is 306 g/mol. The van der Waals surface area contributed by atoms with Crippen LogP contribution in [0.2, 0.25) is 0 Å². The minimum absolute atomic E-state index is 0. The second-order valence-corrected chi connectivity index (χ2v) is 0. The second kappa shape index (κ2) is 55.2. The molecule has 0 fully saturated rings. The summed E-state index contributed by atoms with van der Waals surface area (Å²) in [5.74, 6) is 0. The van der Waals surface area contributed by atoms with E-state index < -0.39 is 0 Å². The summed E-state index contributed by atoms with van der Waals surface area (Å²) in [5, 5.41) is 0. The van der Waals surface area contributed by atoms with Gasteiger partial charge in [-0.1, -0.05) is 0 Å². The van der Waals surface area contributed by atoms with Crippen LogP contribution in [-0.2, 0) is 23.2 Å². The minimum atomic E-state index is 0. The van der Waals surface area contributed by atoms with E-state index >= 15 is 0 Å². The van der Waals surface area contributed by atoms with Gasteiger partial charge in [-0.15, -0.1) is 37.2 Å². The molecule has 5 heteroatoms. The van der Waals surface area contributed by atoms with Crippen LogP contribution in [0.15, 0.2) is 0 Å². The van der Waals surface area contributed by atoms with Crippen molar-refractivity contribution < 1.29 is 23.2 Å². The molecule has 0 aromatic heterocycles. The summed E-state index contributed by atoms with van der Waals surface area (Å²) >= 11 is 0.333. The Balaban J connectivity index is -0.00000000167. The molecule has 36 valence electrons. The van der Waals surface area contributed by atoms with E-state index in [9.17, 15) is 0 Å². The van der Waals surface area contributed by atoms with E-state index in [-0.39, 0.29) is 37.2 Å². The van der Waals surface area contributed by atoms with Gasteiger partial charge in [0, 0.05) is 0 Å². The van der Waals surface area contributed by atoms with Crippen molar-refractivity contribution in [3.63, 3.8) is 0 Å². The van der Waals surface area contributed by atoms with Gasteiger partial charge >= 0.3 is 23.2 Å². The van der Waals surface area contributed by atoms with Crippen LogP contribution in [0.3, 0.4) is 0 Å². The fourth-order valence-corrected chi connectivity index (χ4v) is 0. The van der Waals surface area contributed by atoms with Crippen LogP contribution in [0, 0.1) is 0 Å². The van der Waals surface area contributed by atoms with Gasteiger partial charge in [-0.25, -0.2) is 0 Å². The van der Waals surface area contributed by atoms with E-state index in [0.29, 0.717) is 19.8 Å². The first-order valence-electron chi connectivity index (χ1n) is 0.167. The molecule has 1 nitrogen and oxygen atoms in total. The van der Waals surface area contributed by atoms with Crippen LogP contribution < -0.4 is 0 Å². The third-order valence-electron chi connectivity index (χ3n) is 0. The fourth-order valence-electron chi connectivity index (χ4n) is 0. The maximum atomic E-state index is 8.33. The van der Waals surface area contributed by atoms with Gasteiger partial charge in [-0.3, -0.25) is 0 Å². The van der Waals surface area contributed by atoms with Gasteiger partial charge in [0.15, 0.2) is 0 Å². The molecule has 0 aliphatic rings. The number of rotatable bonds is 0. The van der Waals surface area contributed by atoms with Gasteiger partial charge in [0.05, 0.1) is 0 Å². The Hall–Kier alpha value is 1.36. The van der Waals surface area contributed by atoms with Crippen LogP contribution in [0.1, 0.15) is 0 Å². The first-order valence-corrected chi connectivity index (χ1v) is 1.36. The van der Waals surface area contributed by atoms with Gasteiger partial charge in [0.2, 0.25) is 0 Å². The number of halogens is 3. The molecule has 0 atom stereocenters. The van der Waals surface area contributed by atoms with Gasteiger partial charge in [-0.2, -0.15) is 0 Å². The van der Waals surface area contributed by atoms with Crippen molar-refractivity contribution in [1.82, 2.24) is 0 Å². The van der Waals surface area contributed by atoms with Crippen molar-refractivity contribution in [1.29, 1.82) is 0 Å². The average Bonchev–Trinajstić information content (AvgIpc) is 1.00. The molecule has 0 N–H and O–H groups in total. The normalized spacial score (nSPS) is 0.800. The van der Waals surface area contributed by atoms with E-state index in [2.05, 4.69) is 0 Å². The van der Waals surface area contributed by atoms with Crippen LogP contribution in [0.4, 0.5) is 0 Å². The summed E-state index contributed by atoms with van der Waals surface area (Å²) in [6.07, 6.45) is 0. The molecule has 0 saturated carbocycles. The van der Waals surface area contributed by atoms with Gasteiger partial charge in [0.25, 0.3) is 0 Å². The summed E-state index contributed by atoms with van der Waals surface area (Å²) in [4.78, 5) is 0. The monoisotopic (exact) mass is 308 g/mol. The van der Waals surface area contributed by atoms with E-state index in [0.717, 1.165) is 0 Å². The predicted octanol–water partition coefficient (Wildman–Crippen LogP) is 1.14. The second-order valence-electron chi connectivity index (χ2n) is 0. The molecule has 0 unspecified atom stereocenters. The first-order chi connectivity index (χ1) is 1.00.